The molecule has 2 aliphatic rings. The van der Waals surface area contributed by atoms with Crippen molar-refractivity contribution in [3.05, 3.63) is 47.4 Å². The quantitative estimate of drug-likeness (QED) is 0.850. The number of hydrogen-bond donors (Lipinski definition) is 0. The largest absolute Gasteiger partial charge is 0.380 e. The number of carbonyl (C=O) groups is 1. The van der Waals surface area contributed by atoms with Crippen molar-refractivity contribution in [2.75, 3.05) is 26.3 Å². The number of aryl methyl sites for hydroxylation is 1. The SMILES string of the molecule is Cc1noc([C@H]2COC[C@@H]3CN(C(=O)Cc4ccccc4F)C[C@@H]32)n1. The van der Waals surface area contributed by atoms with Gasteiger partial charge in [0.15, 0.2) is 5.82 Å². The average Bonchev–Trinajstić information content (AvgIpc) is 3.22. The lowest BCUT2D eigenvalue weighted by molar-refractivity contribution is -0.129. The number of nitrogens with zero attached hydrogens (tertiary/aromatic N) is 3. The second-order valence-electron chi connectivity index (χ2n) is 6.81. The van der Waals surface area contributed by atoms with Crippen molar-refractivity contribution < 1.29 is 18.4 Å². The van der Waals surface area contributed by atoms with Crippen molar-refractivity contribution in [1.82, 2.24) is 15.0 Å². The van der Waals surface area contributed by atoms with Gasteiger partial charge < -0.3 is 14.2 Å². The van der Waals surface area contributed by atoms with E-state index in [0.717, 1.165) is 0 Å². The Morgan fingerprint density at radius 2 is 2.16 bits per heavy atom. The number of fused-ring (bicyclic) bond motifs is 1. The lowest BCUT2D eigenvalue weighted by atomic mass is 9.83. The van der Waals surface area contributed by atoms with E-state index >= 15 is 0 Å². The summed E-state index contributed by atoms with van der Waals surface area (Å²) < 4.78 is 24.8. The first-order chi connectivity index (χ1) is 12.1. The third-order valence-corrected chi connectivity index (χ3v) is 5.15. The second-order valence-corrected chi connectivity index (χ2v) is 6.81. The summed E-state index contributed by atoms with van der Waals surface area (Å²) in [5.74, 6) is 1.27. The standard InChI is InChI=1S/C18H20FN3O3/c1-11-20-18(25-21-11)15-10-24-9-13-7-22(8-14(13)15)17(23)6-12-4-2-3-5-16(12)19/h2-5,13-15H,6-10H2,1H3/t13-,14-,15-/m0/s1. The highest BCUT2D eigenvalue weighted by molar-refractivity contribution is 5.79. The summed E-state index contributed by atoms with van der Waals surface area (Å²) >= 11 is 0. The molecule has 0 radical (unpaired) electrons. The van der Waals surface area contributed by atoms with E-state index in [1.54, 1.807) is 25.1 Å². The molecule has 132 valence electrons. The van der Waals surface area contributed by atoms with Crippen molar-refractivity contribution >= 4 is 5.91 Å². The monoisotopic (exact) mass is 345 g/mol. The van der Waals surface area contributed by atoms with Gasteiger partial charge in [-0.15, -0.1) is 0 Å². The van der Waals surface area contributed by atoms with Crippen molar-refractivity contribution in [2.24, 2.45) is 11.8 Å². The summed E-state index contributed by atoms with van der Waals surface area (Å²) in [5, 5.41) is 3.86. The van der Waals surface area contributed by atoms with E-state index in [4.69, 9.17) is 9.26 Å². The lowest BCUT2D eigenvalue weighted by Crippen LogP contribution is -2.33. The summed E-state index contributed by atoms with van der Waals surface area (Å²) in [6, 6.07) is 6.41. The Labute approximate surface area is 145 Å². The van der Waals surface area contributed by atoms with E-state index in [1.165, 1.54) is 6.07 Å². The van der Waals surface area contributed by atoms with Crippen LogP contribution in [0.25, 0.3) is 0 Å². The maximum absolute atomic E-state index is 13.8. The summed E-state index contributed by atoms with van der Waals surface area (Å²) in [4.78, 5) is 18.8. The van der Waals surface area contributed by atoms with Gasteiger partial charge in [0.1, 0.15) is 5.82 Å². The molecule has 0 saturated carbocycles. The highest BCUT2D eigenvalue weighted by Crippen LogP contribution is 2.39. The van der Waals surface area contributed by atoms with Gasteiger partial charge in [-0.3, -0.25) is 4.79 Å². The summed E-state index contributed by atoms with van der Waals surface area (Å²) in [6.45, 7) is 4.18. The van der Waals surface area contributed by atoms with Crippen LogP contribution in [0.3, 0.4) is 0 Å². The predicted molar refractivity (Wildman–Crippen MR) is 86.3 cm³/mol. The molecule has 0 spiro atoms. The van der Waals surface area contributed by atoms with Crippen LogP contribution in [0.15, 0.2) is 28.8 Å². The maximum Gasteiger partial charge on any atom is 0.232 e. The van der Waals surface area contributed by atoms with Crippen molar-refractivity contribution in [1.29, 1.82) is 0 Å². The second kappa shape index (κ2) is 6.55. The minimum absolute atomic E-state index is 0.00575. The molecule has 0 aliphatic carbocycles. The van der Waals surface area contributed by atoms with Crippen LogP contribution in [0, 0.1) is 24.6 Å². The number of carbonyl (C=O) groups excluding carboxylic acids is 1. The Bertz CT molecular complexity index is 778. The first-order valence-electron chi connectivity index (χ1n) is 8.51. The van der Waals surface area contributed by atoms with Gasteiger partial charge in [0.25, 0.3) is 0 Å². The predicted octanol–water partition coefficient (Wildman–Crippen LogP) is 1.95. The molecule has 1 aromatic heterocycles. The zero-order valence-corrected chi connectivity index (χ0v) is 14.0. The first-order valence-corrected chi connectivity index (χ1v) is 8.51. The molecule has 1 amide bonds. The summed E-state index contributed by atoms with van der Waals surface area (Å²) in [5.41, 5.74) is 0.433. The Hall–Kier alpha value is -2.28. The van der Waals surface area contributed by atoms with Gasteiger partial charge in [0, 0.05) is 19.0 Å². The zero-order valence-electron chi connectivity index (χ0n) is 14.0. The van der Waals surface area contributed by atoms with Crippen LogP contribution in [-0.2, 0) is 16.0 Å². The molecule has 2 saturated heterocycles. The molecule has 6 nitrogen and oxygen atoms in total. The fourth-order valence-corrected chi connectivity index (χ4v) is 3.84. The number of amides is 1. The van der Waals surface area contributed by atoms with Crippen LogP contribution in [0.4, 0.5) is 4.39 Å². The molecule has 0 unspecified atom stereocenters. The van der Waals surface area contributed by atoms with E-state index in [-0.39, 0.29) is 35.9 Å². The minimum Gasteiger partial charge on any atom is -0.380 e. The van der Waals surface area contributed by atoms with Crippen molar-refractivity contribution in [2.45, 2.75) is 19.3 Å². The molecule has 25 heavy (non-hydrogen) atoms. The summed E-state index contributed by atoms with van der Waals surface area (Å²) in [6.07, 6.45) is 0.0807. The number of halogens is 1. The Balaban J connectivity index is 1.47. The third-order valence-electron chi connectivity index (χ3n) is 5.15. The summed E-state index contributed by atoms with van der Waals surface area (Å²) in [7, 11) is 0. The van der Waals surface area contributed by atoms with Gasteiger partial charge in [-0.1, -0.05) is 23.4 Å². The van der Waals surface area contributed by atoms with E-state index in [2.05, 4.69) is 10.1 Å². The molecule has 1 aromatic carbocycles. The third kappa shape index (κ3) is 3.16. The highest BCUT2D eigenvalue weighted by atomic mass is 19.1. The smallest absolute Gasteiger partial charge is 0.232 e. The topological polar surface area (TPSA) is 68.5 Å². The fourth-order valence-electron chi connectivity index (χ4n) is 3.84. The zero-order chi connectivity index (χ0) is 17.4. The number of rotatable bonds is 3. The van der Waals surface area contributed by atoms with Gasteiger partial charge in [0.2, 0.25) is 11.8 Å². The lowest BCUT2D eigenvalue weighted by Gasteiger charge is -2.30. The van der Waals surface area contributed by atoms with Crippen LogP contribution < -0.4 is 0 Å². The fraction of sp³-hybridized carbons (Fsp3) is 0.500. The van der Waals surface area contributed by atoms with Crippen molar-refractivity contribution in [3.8, 4) is 0 Å². The molecule has 4 rings (SSSR count). The van der Waals surface area contributed by atoms with Gasteiger partial charge >= 0.3 is 0 Å². The normalized spacial score (nSPS) is 25.8. The maximum atomic E-state index is 13.8. The molecule has 3 atom stereocenters. The Morgan fingerprint density at radius 1 is 1.32 bits per heavy atom. The molecular formula is C18H20FN3O3. The van der Waals surface area contributed by atoms with Crippen LogP contribution in [0.2, 0.25) is 0 Å². The minimum atomic E-state index is -0.338. The average molecular weight is 345 g/mol. The molecule has 2 fully saturated rings. The van der Waals surface area contributed by atoms with Crippen LogP contribution in [0.1, 0.15) is 23.2 Å². The van der Waals surface area contributed by atoms with E-state index in [0.29, 0.717) is 43.6 Å². The number of hydrogen-bond acceptors (Lipinski definition) is 5. The molecule has 0 N–H and O–H groups in total. The molecular weight excluding hydrogens is 325 g/mol. The van der Waals surface area contributed by atoms with E-state index in [1.807, 2.05) is 4.90 Å². The Morgan fingerprint density at radius 3 is 2.92 bits per heavy atom. The number of benzene rings is 1. The van der Waals surface area contributed by atoms with Gasteiger partial charge in [-0.25, -0.2) is 4.39 Å². The van der Waals surface area contributed by atoms with Crippen LogP contribution in [-0.4, -0.2) is 47.3 Å². The van der Waals surface area contributed by atoms with Crippen LogP contribution >= 0.6 is 0 Å². The number of ether oxygens (including phenoxy) is 1. The van der Waals surface area contributed by atoms with Crippen LogP contribution in [0.5, 0.6) is 0 Å². The Kier molecular flexibility index (Phi) is 4.25. The first kappa shape index (κ1) is 16.2. The van der Waals surface area contributed by atoms with Gasteiger partial charge in [0.05, 0.1) is 25.6 Å². The molecule has 2 aliphatic heterocycles. The van der Waals surface area contributed by atoms with Crippen molar-refractivity contribution in [3.63, 3.8) is 0 Å². The molecule has 7 heteroatoms. The molecule has 0 bridgehead atoms. The highest BCUT2D eigenvalue weighted by Gasteiger charge is 2.45. The number of likely N-dealkylation sites (tertiary alicyclic amines) is 1. The van der Waals surface area contributed by atoms with Gasteiger partial charge in [-0.2, -0.15) is 4.98 Å². The number of aromatic nitrogens is 2. The van der Waals surface area contributed by atoms with E-state index in [9.17, 15) is 9.18 Å². The molecule has 2 aromatic rings. The molecule has 3 heterocycles. The van der Waals surface area contributed by atoms with E-state index < -0.39 is 0 Å². The van der Waals surface area contributed by atoms with Gasteiger partial charge in [-0.05, 0) is 24.5 Å².